The lowest BCUT2D eigenvalue weighted by molar-refractivity contribution is 0.0269. The molecule has 1 saturated heterocycles. The Bertz CT molecular complexity index is 678. The van der Waals surface area contributed by atoms with Crippen LogP contribution < -0.4 is 0 Å². The molecule has 1 unspecified atom stereocenters. The standard InChI is InChI=1S/C14H17N7O2/c1-23-13-3-2-4-21(9-13)14(22)11-5-10(8-17-19-15)6-12(7-11)18-20-16/h5-7,13H,2-4,8-9H2,1H3. The molecule has 0 saturated carbocycles. The maximum absolute atomic E-state index is 12.7. The third-order valence-electron chi connectivity index (χ3n) is 3.70. The van der Waals surface area contributed by atoms with Gasteiger partial charge in [0, 0.05) is 41.3 Å². The van der Waals surface area contributed by atoms with Gasteiger partial charge in [0.05, 0.1) is 12.6 Å². The van der Waals surface area contributed by atoms with Gasteiger partial charge in [-0.3, -0.25) is 4.79 Å². The van der Waals surface area contributed by atoms with Gasteiger partial charge < -0.3 is 9.64 Å². The predicted octanol–water partition coefficient (Wildman–Crippen LogP) is 3.69. The first kappa shape index (κ1) is 16.6. The maximum atomic E-state index is 12.7. The highest BCUT2D eigenvalue weighted by Crippen LogP contribution is 2.22. The summed E-state index contributed by atoms with van der Waals surface area (Å²) < 4.78 is 5.33. The molecular formula is C14H17N7O2. The van der Waals surface area contributed by atoms with Crippen molar-refractivity contribution in [3.63, 3.8) is 0 Å². The molecule has 0 bridgehead atoms. The summed E-state index contributed by atoms with van der Waals surface area (Å²) in [6.45, 7) is 1.29. The van der Waals surface area contributed by atoms with Crippen LogP contribution in [0.5, 0.6) is 0 Å². The van der Waals surface area contributed by atoms with Gasteiger partial charge in [0.2, 0.25) is 0 Å². The molecule has 0 radical (unpaired) electrons. The fraction of sp³-hybridized carbons (Fsp3) is 0.500. The predicted molar refractivity (Wildman–Crippen MR) is 84.0 cm³/mol. The van der Waals surface area contributed by atoms with E-state index in [1.165, 1.54) is 6.07 Å². The molecule has 23 heavy (non-hydrogen) atoms. The van der Waals surface area contributed by atoms with E-state index in [-0.39, 0.29) is 18.6 Å². The Morgan fingerprint density at radius 1 is 1.39 bits per heavy atom. The van der Waals surface area contributed by atoms with Crippen LogP contribution in [0.25, 0.3) is 20.9 Å². The van der Waals surface area contributed by atoms with Crippen LogP contribution in [-0.2, 0) is 11.3 Å². The summed E-state index contributed by atoms with van der Waals surface area (Å²) >= 11 is 0. The number of piperidine rings is 1. The molecule has 9 heteroatoms. The lowest BCUT2D eigenvalue weighted by atomic mass is 10.0. The Labute approximate surface area is 133 Å². The van der Waals surface area contributed by atoms with Crippen LogP contribution in [-0.4, -0.2) is 37.1 Å². The third kappa shape index (κ3) is 4.37. The lowest BCUT2D eigenvalue weighted by Gasteiger charge is -2.32. The summed E-state index contributed by atoms with van der Waals surface area (Å²) in [7, 11) is 1.64. The molecule has 1 heterocycles. The molecule has 0 aliphatic carbocycles. The molecule has 9 nitrogen and oxygen atoms in total. The third-order valence-corrected chi connectivity index (χ3v) is 3.70. The van der Waals surface area contributed by atoms with Crippen molar-refractivity contribution in [1.82, 2.24) is 4.90 Å². The molecule has 0 aromatic heterocycles. The molecule has 1 aromatic rings. The first-order valence-corrected chi connectivity index (χ1v) is 7.20. The number of rotatable bonds is 5. The van der Waals surface area contributed by atoms with Gasteiger partial charge in [-0.1, -0.05) is 10.2 Å². The van der Waals surface area contributed by atoms with Crippen molar-refractivity contribution in [2.75, 3.05) is 20.2 Å². The molecule has 0 N–H and O–H groups in total. The Balaban J connectivity index is 2.28. The van der Waals surface area contributed by atoms with Crippen LogP contribution >= 0.6 is 0 Å². The highest BCUT2D eigenvalue weighted by molar-refractivity contribution is 5.95. The van der Waals surface area contributed by atoms with Crippen LogP contribution in [0.1, 0.15) is 28.8 Å². The minimum Gasteiger partial charge on any atom is -0.380 e. The number of benzene rings is 1. The van der Waals surface area contributed by atoms with Gasteiger partial charge in [0.15, 0.2) is 0 Å². The summed E-state index contributed by atoms with van der Waals surface area (Å²) in [5.41, 5.74) is 18.4. The zero-order chi connectivity index (χ0) is 16.7. The number of azide groups is 2. The average molecular weight is 315 g/mol. The number of hydrogen-bond acceptors (Lipinski definition) is 4. The SMILES string of the molecule is COC1CCCN(C(=O)c2cc(CN=[N+]=[N-])cc(N=[N+]=[N-])c2)C1. The molecule has 1 aliphatic rings. The number of amides is 1. The first-order valence-electron chi connectivity index (χ1n) is 7.20. The summed E-state index contributed by atoms with van der Waals surface area (Å²) in [5.74, 6) is -0.149. The Morgan fingerprint density at radius 2 is 2.22 bits per heavy atom. The van der Waals surface area contributed by atoms with Crippen molar-refractivity contribution in [3.8, 4) is 0 Å². The van der Waals surface area contributed by atoms with Crippen LogP contribution in [0.4, 0.5) is 5.69 Å². The van der Waals surface area contributed by atoms with Gasteiger partial charge in [-0.05, 0) is 47.7 Å². The van der Waals surface area contributed by atoms with E-state index in [9.17, 15) is 4.79 Å². The summed E-state index contributed by atoms with van der Waals surface area (Å²) in [6, 6.07) is 4.79. The molecular weight excluding hydrogens is 298 g/mol. The molecule has 1 fully saturated rings. The fourth-order valence-corrected chi connectivity index (χ4v) is 2.61. The second-order valence-electron chi connectivity index (χ2n) is 5.22. The molecule has 1 atom stereocenters. The summed E-state index contributed by atoms with van der Waals surface area (Å²) in [4.78, 5) is 19.8. The number of ether oxygens (including phenoxy) is 1. The second-order valence-corrected chi connectivity index (χ2v) is 5.22. The van der Waals surface area contributed by atoms with Gasteiger partial charge in [-0.2, -0.15) is 0 Å². The highest BCUT2D eigenvalue weighted by atomic mass is 16.5. The van der Waals surface area contributed by atoms with Crippen molar-refractivity contribution < 1.29 is 9.53 Å². The van der Waals surface area contributed by atoms with Crippen molar-refractivity contribution >= 4 is 11.6 Å². The van der Waals surface area contributed by atoms with E-state index in [1.54, 1.807) is 24.1 Å². The smallest absolute Gasteiger partial charge is 0.253 e. The van der Waals surface area contributed by atoms with Gasteiger partial charge in [0.1, 0.15) is 0 Å². The number of carbonyl (C=O) groups is 1. The van der Waals surface area contributed by atoms with E-state index in [0.29, 0.717) is 29.9 Å². The zero-order valence-corrected chi connectivity index (χ0v) is 12.8. The van der Waals surface area contributed by atoms with Crippen molar-refractivity contribution in [1.29, 1.82) is 0 Å². The molecule has 1 aliphatic heterocycles. The Kier molecular flexibility index (Phi) is 5.82. The normalized spacial score (nSPS) is 17.1. The minimum absolute atomic E-state index is 0.0377. The molecule has 1 aromatic carbocycles. The van der Waals surface area contributed by atoms with Gasteiger partial charge in [-0.15, -0.1) is 0 Å². The Hall–Kier alpha value is -2.73. The second kappa shape index (κ2) is 8.05. The van der Waals surface area contributed by atoms with E-state index in [2.05, 4.69) is 20.1 Å². The number of carbonyl (C=O) groups excluding carboxylic acids is 1. The highest BCUT2D eigenvalue weighted by Gasteiger charge is 2.24. The van der Waals surface area contributed by atoms with E-state index >= 15 is 0 Å². The van der Waals surface area contributed by atoms with Crippen LogP contribution in [0.3, 0.4) is 0 Å². The van der Waals surface area contributed by atoms with Crippen molar-refractivity contribution in [3.05, 3.63) is 50.2 Å². The minimum atomic E-state index is -0.149. The maximum Gasteiger partial charge on any atom is 0.253 e. The molecule has 2 rings (SSSR count). The van der Waals surface area contributed by atoms with E-state index in [1.807, 2.05) is 0 Å². The monoisotopic (exact) mass is 315 g/mol. The van der Waals surface area contributed by atoms with E-state index < -0.39 is 0 Å². The fourth-order valence-electron chi connectivity index (χ4n) is 2.61. The van der Waals surface area contributed by atoms with Gasteiger partial charge in [0.25, 0.3) is 5.91 Å². The first-order chi connectivity index (χ1) is 11.2. The van der Waals surface area contributed by atoms with Crippen LogP contribution in [0.2, 0.25) is 0 Å². The van der Waals surface area contributed by atoms with Crippen LogP contribution in [0.15, 0.2) is 28.4 Å². The molecule has 120 valence electrons. The number of likely N-dealkylation sites (tertiary alicyclic amines) is 1. The largest absolute Gasteiger partial charge is 0.380 e. The Morgan fingerprint density at radius 3 is 2.91 bits per heavy atom. The summed E-state index contributed by atoms with van der Waals surface area (Å²) in [6.07, 6.45) is 1.85. The van der Waals surface area contributed by atoms with Crippen LogP contribution in [0, 0.1) is 0 Å². The van der Waals surface area contributed by atoms with Gasteiger partial charge >= 0.3 is 0 Å². The van der Waals surface area contributed by atoms with Gasteiger partial charge in [-0.25, -0.2) is 0 Å². The van der Waals surface area contributed by atoms with Crippen molar-refractivity contribution in [2.24, 2.45) is 10.2 Å². The summed E-state index contributed by atoms with van der Waals surface area (Å²) in [5, 5.41) is 7.03. The molecule has 0 spiro atoms. The average Bonchev–Trinajstić information content (AvgIpc) is 2.59. The number of methoxy groups -OCH3 is 1. The number of nitrogens with zero attached hydrogens (tertiary/aromatic N) is 7. The quantitative estimate of drug-likeness (QED) is 0.466. The number of hydrogen-bond donors (Lipinski definition) is 0. The van der Waals surface area contributed by atoms with E-state index in [4.69, 9.17) is 15.8 Å². The topological polar surface area (TPSA) is 127 Å². The van der Waals surface area contributed by atoms with E-state index in [0.717, 1.165) is 12.8 Å². The molecule has 1 amide bonds. The lowest BCUT2D eigenvalue weighted by Crippen LogP contribution is -2.42. The zero-order valence-electron chi connectivity index (χ0n) is 12.8. The van der Waals surface area contributed by atoms with Crippen molar-refractivity contribution in [2.45, 2.75) is 25.5 Å².